The van der Waals surface area contributed by atoms with Gasteiger partial charge in [0.1, 0.15) is 35.4 Å². The van der Waals surface area contributed by atoms with Crippen LogP contribution in [0, 0.1) is 11.8 Å². The normalized spacial score (nSPS) is 25.5. The number of carboxylic acid groups (broad SMARTS) is 1. The van der Waals surface area contributed by atoms with Crippen LogP contribution in [0.15, 0.2) is 35.1 Å². The molecule has 1 saturated heterocycles. The molecule has 1 aliphatic heterocycles. The van der Waals surface area contributed by atoms with Crippen LogP contribution in [0.4, 0.5) is 5.95 Å². The average molecular weight is 627 g/mol. The first-order valence-corrected chi connectivity index (χ1v) is 15.3. The standard InChI is InChI=1S/C26H36ClN6O8P/c1-13(2)14(3)11-33(15(4)23(36)37)42(38,41-16-9-7-6-8-10-16)39-12-17-19(34)20(27)26(5,40-17)24-29-18-21(30-24)31-25(28)32-22(18)35/h6-10,13-15,17,19-20,34H,11-12H2,1-5H3,(H,36,37)(H4,28,29,30,31,32,35)/t14?,15?,17-,19-,20-,26-,42-/m1/s1. The number of ether oxygens (including phenoxy) is 1. The number of nitrogens with two attached hydrogens (primary N) is 1. The van der Waals surface area contributed by atoms with Crippen LogP contribution in [-0.4, -0.2) is 77.6 Å². The molecule has 1 fully saturated rings. The lowest BCUT2D eigenvalue weighted by molar-refractivity contribution is -0.141. The first kappa shape index (κ1) is 31.9. The average Bonchev–Trinajstić information content (AvgIpc) is 3.46. The van der Waals surface area contributed by atoms with Gasteiger partial charge in [0.05, 0.1) is 12.0 Å². The van der Waals surface area contributed by atoms with Gasteiger partial charge >= 0.3 is 13.7 Å². The van der Waals surface area contributed by atoms with E-state index in [-0.39, 0.29) is 47.1 Å². The van der Waals surface area contributed by atoms with E-state index in [9.17, 15) is 24.4 Å². The van der Waals surface area contributed by atoms with Crippen LogP contribution < -0.4 is 15.8 Å². The summed E-state index contributed by atoms with van der Waals surface area (Å²) in [6.07, 6.45) is -2.48. The number of hydrogen-bond acceptors (Lipinski definition) is 10. The van der Waals surface area contributed by atoms with Crippen molar-refractivity contribution in [1.82, 2.24) is 24.6 Å². The van der Waals surface area contributed by atoms with Crippen molar-refractivity contribution in [2.24, 2.45) is 11.8 Å². The van der Waals surface area contributed by atoms with Crippen molar-refractivity contribution in [2.75, 3.05) is 18.9 Å². The van der Waals surface area contributed by atoms with Gasteiger partial charge in [0.15, 0.2) is 11.2 Å². The molecule has 2 unspecified atom stereocenters. The minimum absolute atomic E-state index is 0.0347. The number of aliphatic hydroxyl groups is 1. The molecular weight excluding hydrogens is 591 g/mol. The zero-order valence-electron chi connectivity index (χ0n) is 23.9. The van der Waals surface area contributed by atoms with E-state index in [2.05, 4.69) is 19.9 Å². The van der Waals surface area contributed by atoms with Crippen molar-refractivity contribution >= 4 is 42.4 Å². The van der Waals surface area contributed by atoms with E-state index in [0.717, 1.165) is 0 Å². The number of nitrogens with one attached hydrogen (secondary N) is 2. The molecule has 0 aliphatic carbocycles. The van der Waals surface area contributed by atoms with E-state index in [0.29, 0.717) is 0 Å². The van der Waals surface area contributed by atoms with Gasteiger partial charge in [0.2, 0.25) is 5.95 Å². The summed E-state index contributed by atoms with van der Waals surface area (Å²) in [5.41, 5.74) is 3.69. The smallest absolute Gasteiger partial charge is 0.462 e. The minimum atomic E-state index is -4.38. The van der Waals surface area contributed by atoms with Gasteiger partial charge in [-0.05, 0) is 37.8 Å². The Hall–Kier alpha value is -3.00. The number of benzene rings is 1. The fraction of sp³-hybridized carbons (Fsp3) is 0.538. The van der Waals surface area contributed by atoms with E-state index >= 15 is 0 Å². The number of H-pyrrole nitrogens is 2. The summed E-state index contributed by atoms with van der Waals surface area (Å²) in [4.78, 5) is 37.9. The number of anilines is 1. The lowest BCUT2D eigenvalue weighted by Gasteiger charge is -2.35. The number of aliphatic hydroxyl groups excluding tert-OH is 1. The Morgan fingerprint density at radius 2 is 1.90 bits per heavy atom. The summed E-state index contributed by atoms with van der Waals surface area (Å²) in [7, 11) is -4.38. The minimum Gasteiger partial charge on any atom is -0.480 e. The number of rotatable bonds is 12. The molecule has 7 atom stereocenters. The fourth-order valence-electron chi connectivity index (χ4n) is 4.48. The zero-order chi connectivity index (χ0) is 31.0. The van der Waals surface area contributed by atoms with Crippen LogP contribution in [0.3, 0.4) is 0 Å². The van der Waals surface area contributed by atoms with E-state index in [1.54, 1.807) is 37.3 Å². The number of halogens is 1. The molecule has 0 radical (unpaired) electrons. The highest BCUT2D eigenvalue weighted by Gasteiger charge is 2.55. The number of nitrogens with zero attached hydrogens (tertiary/aromatic N) is 3. The van der Waals surface area contributed by atoms with Gasteiger partial charge in [-0.2, -0.15) is 9.65 Å². The van der Waals surface area contributed by atoms with Gasteiger partial charge in [0.25, 0.3) is 5.56 Å². The van der Waals surface area contributed by atoms with Crippen LogP contribution in [-0.2, 0) is 24.2 Å². The molecule has 4 rings (SSSR count). The number of aliphatic carboxylic acids is 1. The van der Waals surface area contributed by atoms with Crippen molar-refractivity contribution < 1.29 is 33.4 Å². The number of aromatic nitrogens is 4. The molecule has 16 heteroatoms. The van der Waals surface area contributed by atoms with E-state index < -0.39 is 55.1 Å². The Morgan fingerprint density at radius 1 is 1.24 bits per heavy atom. The van der Waals surface area contributed by atoms with Crippen molar-refractivity contribution in [3.63, 3.8) is 0 Å². The fourth-order valence-corrected chi connectivity index (χ4v) is 6.81. The summed E-state index contributed by atoms with van der Waals surface area (Å²) in [5, 5.41) is 19.8. The molecule has 6 N–H and O–H groups in total. The number of aromatic amines is 2. The third-order valence-corrected chi connectivity index (χ3v) is 10.3. The number of fused-ring (bicyclic) bond motifs is 1. The number of nitrogen functional groups attached to an aromatic ring is 1. The second kappa shape index (κ2) is 12.3. The predicted octanol–water partition coefficient (Wildman–Crippen LogP) is 3.08. The maximum absolute atomic E-state index is 14.5. The Labute approximate surface area is 247 Å². The second-order valence-electron chi connectivity index (χ2n) is 10.9. The van der Waals surface area contributed by atoms with Crippen molar-refractivity contribution in [3.05, 3.63) is 46.5 Å². The van der Waals surface area contributed by atoms with Gasteiger partial charge in [0, 0.05) is 6.54 Å². The molecule has 14 nitrogen and oxygen atoms in total. The summed E-state index contributed by atoms with van der Waals surface area (Å²) < 4.78 is 33.6. The Morgan fingerprint density at radius 3 is 2.52 bits per heavy atom. The first-order chi connectivity index (χ1) is 19.7. The molecule has 1 aliphatic rings. The maximum Gasteiger partial charge on any atom is 0.462 e. The van der Waals surface area contributed by atoms with Crippen LogP contribution in [0.1, 0.15) is 40.4 Å². The number of hydrogen-bond donors (Lipinski definition) is 5. The monoisotopic (exact) mass is 626 g/mol. The molecule has 3 heterocycles. The number of carboxylic acids is 1. The summed E-state index contributed by atoms with van der Waals surface area (Å²) in [6.45, 7) is 8.42. The first-order valence-electron chi connectivity index (χ1n) is 13.4. The van der Waals surface area contributed by atoms with E-state index in [4.69, 9.17) is 31.1 Å². The van der Waals surface area contributed by atoms with Gasteiger partial charge in [-0.3, -0.25) is 19.1 Å². The lowest BCUT2D eigenvalue weighted by Crippen LogP contribution is -2.42. The summed E-state index contributed by atoms with van der Waals surface area (Å²) in [6, 6.07) is 7.00. The molecule has 0 amide bonds. The van der Waals surface area contributed by atoms with Crippen LogP contribution >= 0.6 is 19.3 Å². The van der Waals surface area contributed by atoms with Crippen molar-refractivity contribution in [3.8, 4) is 5.75 Å². The quantitative estimate of drug-likeness (QED) is 0.145. The molecule has 1 aromatic carbocycles. The molecule has 2 aromatic heterocycles. The highest BCUT2D eigenvalue weighted by atomic mass is 35.5. The third-order valence-electron chi connectivity index (χ3n) is 7.55. The highest BCUT2D eigenvalue weighted by molar-refractivity contribution is 7.51. The molecule has 0 spiro atoms. The Bertz CT molecular complexity index is 1520. The van der Waals surface area contributed by atoms with Crippen LogP contribution in [0.5, 0.6) is 5.75 Å². The Balaban J connectivity index is 1.65. The van der Waals surface area contributed by atoms with Crippen LogP contribution in [0.2, 0.25) is 0 Å². The molecular formula is C26H36ClN6O8P. The number of para-hydroxylation sites is 1. The van der Waals surface area contributed by atoms with Gasteiger partial charge in [-0.1, -0.05) is 39.0 Å². The molecule has 42 heavy (non-hydrogen) atoms. The number of alkyl halides is 1. The lowest BCUT2D eigenvalue weighted by atomic mass is 9.98. The SMILES string of the molecule is CC(C)C(C)CN(C(C)C(=O)O)[P@@](=O)(OC[C@H]1O[C@@](C)(c2nc3nc(N)[nH]c(=O)c3[nH]2)[C@H](Cl)[C@@H]1O)Oc1ccccc1. The van der Waals surface area contributed by atoms with Gasteiger partial charge < -0.3 is 30.2 Å². The maximum atomic E-state index is 14.5. The van der Waals surface area contributed by atoms with Crippen molar-refractivity contribution in [2.45, 2.75) is 63.8 Å². The number of imidazole rings is 1. The second-order valence-corrected chi connectivity index (χ2v) is 13.3. The van der Waals surface area contributed by atoms with Crippen molar-refractivity contribution in [1.29, 1.82) is 0 Å². The highest BCUT2D eigenvalue weighted by Crippen LogP contribution is 2.54. The summed E-state index contributed by atoms with van der Waals surface area (Å²) in [5.74, 6) is -0.974. The largest absolute Gasteiger partial charge is 0.480 e. The molecule has 3 aromatic rings. The Kier molecular flexibility index (Phi) is 9.36. The predicted molar refractivity (Wildman–Crippen MR) is 155 cm³/mol. The molecule has 0 bridgehead atoms. The van der Waals surface area contributed by atoms with Crippen LogP contribution in [0.25, 0.3) is 11.2 Å². The molecule has 230 valence electrons. The van der Waals surface area contributed by atoms with Gasteiger partial charge in [-0.15, -0.1) is 11.6 Å². The van der Waals surface area contributed by atoms with E-state index in [1.807, 2.05) is 20.8 Å². The topological polar surface area (TPSA) is 206 Å². The third kappa shape index (κ3) is 6.34. The summed E-state index contributed by atoms with van der Waals surface area (Å²) >= 11 is 6.63. The van der Waals surface area contributed by atoms with E-state index in [1.165, 1.54) is 11.6 Å². The van der Waals surface area contributed by atoms with Gasteiger partial charge in [-0.25, -0.2) is 9.55 Å². The number of carbonyl (C=O) groups is 1. The zero-order valence-corrected chi connectivity index (χ0v) is 25.5. The molecule has 0 saturated carbocycles.